The zero-order valence-electron chi connectivity index (χ0n) is 4.83. The highest BCUT2D eigenvalue weighted by Gasteiger charge is 1.78. The molecular formula is C3H8N3P3. The number of nitrogens with one attached hydrogen (secondary N) is 1. The van der Waals surface area contributed by atoms with E-state index in [-0.39, 0.29) is 0 Å². The molecule has 1 aromatic heterocycles. The summed E-state index contributed by atoms with van der Waals surface area (Å²) in [7, 11) is 2.40. The fraction of sp³-hybridized carbons (Fsp3) is 0.333. The highest BCUT2D eigenvalue weighted by Crippen LogP contribution is 2.11. The van der Waals surface area contributed by atoms with E-state index in [1.165, 1.54) is 0 Å². The molecule has 2 atom stereocenters. The SMILES string of the molecule is C=CCn1pn[pH][nH][pH]1. The fourth-order valence-corrected chi connectivity index (χ4v) is 3.83. The summed E-state index contributed by atoms with van der Waals surface area (Å²) in [5, 5.41) is 0. The first-order valence-electron chi connectivity index (χ1n) is 2.48. The standard InChI is InChI=1S/C3H8N3P3/c1-2-3-6-8-4-7-5-9-6/h2,4,7-8H,1,3H2. The van der Waals surface area contributed by atoms with Crippen LogP contribution in [0.1, 0.15) is 0 Å². The lowest BCUT2D eigenvalue weighted by Gasteiger charge is -1.96. The van der Waals surface area contributed by atoms with Gasteiger partial charge in [0.05, 0.1) is 0 Å². The molecule has 1 rings (SSSR count). The lowest BCUT2D eigenvalue weighted by Crippen LogP contribution is -1.82. The van der Waals surface area contributed by atoms with Crippen molar-refractivity contribution in [3.63, 3.8) is 0 Å². The number of rotatable bonds is 2. The number of allylic oxidation sites excluding steroid dienone is 1. The second-order valence-electron chi connectivity index (χ2n) is 1.41. The van der Waals surface area contributed by atoms with Gasteiger partial charge in [-0.1, -0.05) is 6.08 Å². The van der Waals surface area contributed by atoms with Crippen molar-refractivity contribution in [3.8, 4) is 0 Å². The maximum Gasteiger partial charge on any atom is 0.141 e. The molecule has 3 nitrogen and oxygen atoms in total. The number of hydrogen-bond donors (Lipinski definition) is 1. The van der Waals surface area contributed by atoms with E-state index in [1.807, 2.05) is 6.08 Å². The van der Waals surface area contributed by atoms with Crippen LogP contribution in [-0.2, 0) is 6.54 Å². The van der Waals surface area contributed by atoms with Crippen LogP contribution in [0.3, 0.4) is 0 Å². The number of hydrogen-bond acceptors (Lipinski definition) is 1. The van der Waals surface area contributed by atoms with Crippen LogP contribution in [-0.4, -0.2) is 13.1 Å². The maximum atomic E-state index is 4.15. The van der Waals surface area contributed by atoms with E-state index < -0.39 is 0 Å². The lowest BCUT2D eigenvalue weighted by atomic mass is 10.7. The molecule has 0 spiro atoms. The topological polar surface area (TPSA) is 33.6 Å². The molecule has 0 saturated carbocycles. The van der Waals surface area contributed by atoms with Crippen LogP contribution in [0.2, 0.25) is 0 Å². The third kappa shape index (κ3) is 2.41. The van der Waals surface area contributed by atoms with Gasteiger partial charge in [-0.25, -0.2) is 0 Å². The van der Waals surface area contributed by atoms with E-state index in [0.717, 1.165) is 23.6 Å². The Kier molecular flexibility index (Phi) is 3.14. The van der Waals surface area contributed by atoms with Crippen molar-refractivity contribution in [2.45, 2.75) is 6.54 Å². The molecule has 0 fully saturated rings. The smallest absolute Gasteiger partial charge is 0.141 e. The molecule has 0 aliphatic rings. The molecule has 1 N–H and O–H groups in total. The molecule has 0 aliphatic carbocycles. The molecule has 2 unspecified atom stereocenters. The normalized spacial score (nSPS) is 11.6. The predicted molar refractivity (Wildman–Crippen MR) is 45.9 cm³/mol. The molecule has 1 aromatic rings. The molecule has 1 heterocycles. The molecule has 0 amide bonds. The van der Waals surface area contributed by atoms with Crippen molar-refractivity contribution in [3.05, 3.63) is 12.7 Å². The Morgan fingerprint density at radius 1 is 1.89 bits per heavy atom. The third-order valence-corrected chi connectivity index (χ3v) is 3.79. The van der Waals surface area contributed by atoms with Crippen LogP contribution in [0.15, 0.2) is 12.7 Å². The van der Waals surface area contributed by atoms with E-state index in [9.17, 15) is 0 Å². The Balaban J connectivity index is 2.72. The summed E-state index contributed by atoms with van der Waals surface area (Å²) in [6.45, 7) is 4.58. The van der Waals surface area contributed by atoms with Gasteiger partial charge < -0.3 is 4.51 Å². The summed E-state index contributed by atoms with van der Waals surface area (Å²) in [5.74, 6) is 0. The average molecular weight is 179 g/mol. The number of nitrogens with zero attached hydrogens (tertiary/aromatic N) is 2. The lowest BCUT2D eigenvalue weighted by molar-refractivity contribution is 1.00. The molecule has 0 aromatic carbocycles. The summed E-state index contributed by atoms with van der Waals surface area (Å²) in [4.78, 5) is 0. The molecule has 0 saturated heterocycles. The number of aromatic nitrogens is 3. The Labute approximate surface area is 58.6 Å². The predicted octanol–water partition coefficient (Wildman–Crippen LogP) is 2.16. The quantitative estimate of drug-likeness (QED) is 0.693. The molecule has 0 radical (unpaired) electrons. The number of H-pyrrole nitrogens is 1. The maximum absolute atomic E-state index is 4.15. The second kappa shape index (κ2) is 3.95. The largest absolute Gasteiger partial charge is 0.313 e. The Bertz CT molecular complexity index is 189. The van der Waals surface area contributed by atoms with Crippen molar-refractivity contribution in [1.29, 1.82) is 0 Å². The van der Waals surface area contributed by atoms with Gasteiger partial charge in [-0.15, -0.1) is 6.58 Å². The van der Waals surface area contributed by atoms with E-state index >= 15 is 0 Å². The summed E-state index contributed by atoms with van der Waals surface area (Å²) in [6, 6.07) is 0. The van der Waals surface area contributed by atoms with Crippen LogP contribution in [0.4, 0.5) is 0 Å². The first-order valence-corrected chi connectivity index (χ1v) is 5.17. The van der Waals surface area contributed by atoms with Crippen LogP contribution < -0.4 is 0 Å². The highest BCUT2D eigenvalue weighted by molar-refractivity contribution is 7.44. The molecule has 6 heteroatoms. The summed E-state index contributed by atoms with van der Waals surface area (Å²) < 4.78 is 9.51. The first kappa shape index (κ1) is 7.15. The number of aromatic amines is 1. The van der Waals surface area contributed by atoms with Crippen LogP contribution in [0, 0.1) is 0 Å². The minimum absolute atomic E-state index is 0.591. The molecule has 0 aliphatic heterocycles. The average Bonchev–Trinajstić information content (AvgIpc) is 1.91. The van der Waals surface area contributed by atoms with Crippen LogP contribution in [0.25, 0.3) is 0 Å². The summed E-state index contributed by atoms with van der Waals surface area (Å²) in [5.41, 5.74) is 0. The Morgan fingerprint density at radius 3 is 3.33 bits per heavy atom. The third-order valence-electron chi connectivity index (χ3n) is 0.746. The van der Waals surface area contributed by atoms with Gasteiger partial charge in [0.1, 0.15) is 8.51 Å². The van der Waals surface area contributed by atoms with Gasteiger partial charge in [0.15, 0.2) is 0 Å². The molecule has 50 valence electrons. The second-order valence-corrected chi connectivity index (χ2v) is 5.23. The van der Waals surface area contributed by atoms with Gasteiger partial charge in [0.25, 0.3) is 0 Å². The Morgan fingerprint density at radius 2 is 2.78 bits per heavy atom. The minimum atomic E-state index is 0.591. The van der Waals surface area contributed by atoms with Gasteiger partial charge in [0.2, 0.25) is 0 Å². The van der Waals surface area contributed by atoms with Gasteiger partial charge >= 0.3 is 0 Å². The van der Waals surface area contributed by atoms with Crippen LogP contribution in [0.5, 0.6) is 0 Å². The zero-order chi connectivity index (χ0) is 6.53. The molecule has 9 heavy (non-hydrogen) atoms. The molecule has 0 bridgehead atoms. The minimum Gasteiger partial charge on any atom is -0.313 e. The highest BCUT2D eigenvalue weighted by atomic mass is 31.1. The first-order chi connectivity index (χ1) is 4.43. The monoisotopic (exact) mass is 179 g/mol. The van der Waals surface area contributed by atoms with E-state index in [4.69, 9.17) is 0 Å². The van der Waals surface area contributed by atoms with Gasteiger partial charge in [0, 0.05) is 23.6 Å². The fourth-order valence-electron chi connectivity index (χ4n) is 0.418. The van der Waals surface area contributed by atoms with Gasteiger partial charge in [-0.3, -0.25) is 4.09 Å². The summed E-state index contributed by atoms with van der Waals surface area (Å²) in [6.07, 6.45) is 1.89. The van der Waals surface area contributed by atoms with E-state index in [2.05, 4.69) is 19.7 Å². The van der Waals surface area contributed by atoms with Crippen molar-refractivity contribution >= 4 is 25.5 Å². The van der Waals surface area contributed by atoms with Crippen molar-refractivity contribution in [2.75, 3.05) is 0 Å². The van der Waals surface area contributed by atoms with Gasteiger partial charge in [-0.2, -0.15) is 4.51 Å². The Hall–Kier alpha value is 0.0400. The van der Waals surface area contributed by atoms with E-state index in [1.54, 1.807) is 0 Å². The van der Waals surface area contributed by atoms with E-state index in [0.29, 0.717) is 8.51 Å². The molecular weight excluding hydrogens is 171 g/mol. The van der Waals surface area contributed by atoms with Crippen LogP contribution >= 0.6 is 25.5 Å². The van der Waals surface area contributed by atoms with Crippen molar-refractivity contribution < 1.29 is 0 Å². The zero-order valence-corrected chi connectivity index (χ0v) is 7.73. The van der Waals surface area contributed by atoms with Crippen molar-refractivity contribution in [2.24, 2.45) is 0 Å². The summed E-state index contributed by atoms with van der Waals surface area (Å²) >= 11 is 0. The van der Waals surface area contributed by atoms with Gasteiger partial charge in [-0.05, 0) is 0 Å². The van der Waals surface area contributed by atoms with Crippen molar-refractivity contribution in [1.82, 2.24) is 13.1 Å².